The Kier molecular flexibility index (Phi) is 5.93. The number of benzene rings is 3. The molecule has 0 bridgehead atoms. The third-order valence-electron chi connectivity index (χ3n) is 4.75. The molecule has 1 aromatic heterocycles. The fourth-order valence-electron chi connectivity index (χ4n) is 3.07. The minimum absolute atomic E-state index is 0.000836. The van der Waals surface area contributed by atoms with E-state index in [0.29, 0.717) is 22.1 Å². The molecule has 0 fully saturated rings. The minimum Gasteiger partial charge on any atom is -0.320 e. The zero-order valence-corrected chi connectivity index (χ0v) is 18.5. The van der Waals surface area contributed by atoms with Crippen LogP contribution in [-0.2, 0) is 10.0 Å². The van der Waals surface area contributed by atoms with Gasteiger partial charge in [0.15, 0.2) is 0 Å². The summed E-state index contributed by atoms with van der Waals surface area (Å²) in [6.45, 7) is 0. The van der Waals surface area contributed by atoms with Crippen LogP contribution in [0.3, 0.4) is 0 Å². The van der Waals surface area contributed by atoms with Crippen LogP contribution >= 0.6 is 11.6 Å². The van der Waals surface area contributed by atoms with Crippen LogP contribution < -0.4 is 9.62 Å². The largest absolute Gasteiger partial charge is 0.320 e. The molecule has 0 aliphatic carbocycles. The molecule has 0 spiro atoms. The Balaban J connectivity index is 1.64. The zero-order chi connectivity index (χ0) is 22.7. The highest BCUT2D eigenvalue weighted by atomic mass is 35.5. The number of hydrogen-bond acceptors (Lipinski definition) is 5. The predicted octanol–water partition coefficient (Wildman–Crippen LogP) is 4.00. The van der Waals surface area contributed by atoms with Gasteiger partial charge >= 0.3 is 0 Å². The van der Waals surface area contributed by atoms with E-state index in [2.05, 4.69) is 15.4 Å². The van der Waals surface area contributed by atoms with Crippen LogP contribution in [0, 0.1) is 0 Å². The summed E-state index contributed by atoms with van der Waals surface area (Å²) in [5.41, 5.74) is 1.66. The van der Waals surface area contributed by atoms with Crippen LogP contribution in [0.15, 0.2) is 90.3 Å². The number of carbonyl (C=O) groups excluding carboxylic acids is 1. The number of para-hydroxylation sites is 1. The van der Waals surface area contributed by atoms with E-state index in [-0.39, 0.29) is 10.5 Å². The molecule has 0 aliphatic rings. The number of rotatable bonds is 6. The highest BCUT2D eigenvalue weighted by molar-refractivity contribution is 7.92. The molecule has 4 aromatic rings. The van der Waals surface area contributed by atoms with E-state index in [9.17, 15) is 13.2 Å². The Bertz CT molecular complexity index is 1360. The lowest BCUT2D eigenvalue weighted by atomic mass is 10.2. The summed E-state index contributed by atoms with van der Waals surface area (Å²) < 4.78 is 28.8. The average Bonchev–Trinajstić information content (AvgIpc) is 3.34. The van der Waals surface area contributed by atoms with Crippen molar-refractivity contribution in [1.82, 2.24) is 14.8 Å². The van der Waals surface area contributed by atoms with Gasteiger partial charge in [0.05, 0.1) is 22.0 Å². The van der Waals surface area contributed by atoms with Crippen molar-refractivity contribution in [3.8, 4) is 5.69 Å². The number of anilines is 2. The predicted molar refractivity (Wildman–Crippen MR) is 123 cm³/mol. The van der Waals surface area contributed by atoms with Crippen LogP contribution in [0.1, 0.15) is 10.4 Å². The number of carbonyl (C=O) groups is 1. The van der Waals surface area contributed by atoms with Crippen LogP contribution in [0.4, 0.5) is 11.4 Å². The summed E-state index contributed by atoms with van der Waals surface area (Å²) in [7, 11) is -2.40. The lowest BCUT2D eigenvalue weighted by Gasteiger charge is -2.19. The molecule has 0 saturated heterocycles. The lowest BCUT2D eigenvalue weighted by molar-refractivity contribution is 0.102. The summed E-state index contributed by atoms with van der Waals surface area (Å²) in [5.74, 6) is -0.493. The van der Waals surface area contributed by atoms with Gasteiger partial charge in [-0.25, -0.2) is 18.1 Å². The maximum atomic E-state index is 13.1. The summed E-state index contributed by atoms with van der Waals surface area (Å²) in [6.07, 6.45) is 2.86. The third-order valence-corrected chi connectivity index (χ3v) is 6.76. The van der Waals surface area contributed by atoms with Crippen LogP contribution in [0.25, 0.3) is 5.69 Å². The Morgan fingerprint density at radius 3 is 2.53 bits per heavy atom. The van der Waals surface area contributed by atoms with Crippen molar-refractivity contribution in [3.63, 3.8) is 0 Å². The molecule has 0 radical (unpaired) electrons. The molecule has 1 N–H and O–H groups in total. The first kappa shape index (κ1) is 21.5. The Morgan fingerprint density at radius 1 is 1.03 bits per heavy atom. The molecule has 1 amide bonds. The van der Waals surface area contributed by atoms with Gasteiger partial charge in [-0.3, -0.25) is 9.10 Å². The Labute approximate surface area is 190 Å². The molecule has 0 unspecified atom stereocenters. The molecule has 3 aromatic carbocycles. The smallest absolute Gasteiger partial charge is 0.264 e. The molecule has 0 aliphatic heterocycles. The average molecular weight is 468 g/mol. The van der Waals surface area contributed by atoms with E-state index in [4.69, 9.17) is 11.6 Å². The van der Waals surface area contributed by atoms with Gasteiger partial charge in [-0.05, 0) is 48.5 Å². The van der Waals surface area contributed by atoms with Crippen molar-refractivity contribution in [3.05, 3.63) is 96.0 Å². The summed E-state index contributed by atoms with van der Waals surface area (Å²) in [6, 6.07) is 19.5. The van der Waals surface area contributed by atoms with E-state index in [1.54, 1.807) is 48.5 Å². The fourth-order valence-corrected chi connectivity index (χ4v) is 4.48. The number of nitrogens with zero attached hydrogens (tertiary/aromatic N) is 4. The first-order chi connectivity index (χ1) is 15.4. The summed E-state index contributed by atoms with van der Waals surface area (Å²) >= 11 is 6.10. The Hall–Kier alpha value is -3.69. The van der Waals surface area contributed by atoms with E-state index >= 15 is 0 Å². The van der Waals surface area contributed by atoms with Crippen molar-refractivity contribution in [2.45, 2.75) is 4.90 Å². The first-order valence-corrected chi connectivity index (χ1v) is 11.3. The molecule has 1 heterocycles. The van der Waals surface area contributed by atoms with E-state index in [0.717, 1.165) is 0 Å². The van der Waals surface area contributed by atoms with Crippen molar-refractivity contribution < 1.29 is 13.2 Å². The Morgan fingerprint density at radius 2 is 1.81 bits per heavy atom. The van der Waals surface area contributed by atoms with Crippen molar-refractivity contribution in [1.29, 1.82) is 0 Å². The van der Waals surface area contributed by atoms with E-state index in [1.807, 2.05) is 0 Å². The number of amides is 1. The van der Waals surface area contributed by atoms with E-state index < -0.39 is 15.9 Å². The van der Waals surface area contributed by atoms with Crippen LogP contribution in [0.2, 0.25) is 5.02 Å². The number of hydrogen-bond donors (Lipinski definition) is 1. The van der Waals surface area contributed by atoms with E-state index in [1.165, 1.54) is 53.0 Å². The van der Waals surface area contributed by atoms with Gasteiger partial charge in [-0.2, -0.15) is 5.10 Å². The molecule has 10 heteroatoms. The number of aromatic nitrogens is 3. The van der Waals surface area contributed by atoms with Gasteiger partial charge in [0, 0.05) is 17.6 Å². The molecular formula is C22H18ClN5O3S. The second-order valence-electron chi connectivity index (χ2n) is 6.79. The monoisotopic (exact) mass is 467 g/mol. The summed E-state index contributed by atoms with van der Waals surface area (Å²) in [4.78, 5) is 16.9. The van der Waals surface area contributed by atoms with Gasteiger partial charge in [-0.1, -0.05) is 35.9 Å². The van der Waals surface area contributed by atoms with Crippen molar-refractivity contribution >= 4 is 38.9 Å². The molecule has 4 rings (SSSR count). The highest BCUT2D eigenvalue weighted by Crippen LogP contribution is 2.26. The second kappa shape index (κ2) is 8.81. The number of nitrogens with one attached hydrogen (secondary N) is 1. The number of sulfonamides is 1. The summed E-state index contributed by atoms with van der Waals surface area (Å²) in [5, 5.41) is 7.27. The lowest BCUT2D eigenvalue weighted by Crippen LogP contribution is -2.26. The molecule has 0 atom stereocenters. The maximum absolute atomic E-state index is 13.1. The highest BCUT2D eigenvalue weighted by Gasteiger charge is 2.22. The first-order valence-electron chi connectivity index (χ1n) is 9.46. The normalized spacial score (nSPS) is 11.2. The SMILES string of the molecule is CN(c1ccccc1)S(=O)(=O)c1cccc(C(=O)Nc2cc(Cl)ccc2-n2cncn2)c1. The molecular weight excluding hydrogens is 450 g/mol. The molecule has 32 heavy (non-hydrogen) atoms. The van der Waals surface area contributed by atoms with Crippen LogP contribution in [0.5, 0.6) is 0 Å². The van der Waals surface area contributed by atoms with Crippen LogP contribution in [-0.4, -0.2) is 36.1 Å². The second-order valence-corrected chi connectivity index (χ2v) is 9.20. The maximum Gasteiger partial charge on any atom is 0.264 e. The molecule has 0 saturated carbocycles. The van der Waals surface area contributed by atoms with Crippen molar-refractivity contribution in [2.75, 3.05) is 16.7 Å². The van der Waals surface area contributed by atoms with Gasteiger partial charge < -0.3 is 5.32 Å². The molecule has 8 nitrogen and oxygen atoms in total. The quantitative estimate of drug-likeness (QED) is 0.462. The van der Waals surface area contributed by atoms with Gasteiger partial charge in [0.25, 0.3) is 15.9 Å². The third kappa shape index (κ3) is 4.34. The van der Waals surface area contributed by atoms with Gasteiger partial charge in [0.2, 0.25) is 0 Å². The fraction of sp³-hybridized carbons (Fsp3) is 0.0455. The topological polar surface area (TPSA) is 97.2 Å². The number of halogens is 1. The standard InChI is InChI=1S/C22H18ClN5O3S/c1-27(18-7-3-2-4-8-18)32(30,31)19-9-5-6-16(12-19)22(29)26-20-13-17(23)10-11-21(20)28-15-24-14-25-28/h2-15H,1H3,(H,26,29). The zero-order valence-electron chi connectivity index (χ0n) is 16.9. The minimum atomic E-state index is -3.86. The van der Waals surface area contributed by atoms with Crippen molar-refractivity contribution in [2.24, 2.45) is 0 Å². The molecule has 162 valence electrons. The van der Waals surface area contributed by atoms with Gasteiger partial charge in [-0.15, -0.1) is 0 Å². The van der Waals surface area contributed by atoms with Gasteiger partial charge in [0.1, 0.15) is 12.7 Å².